The molecule has 4 amide bonds. The average molecular weight is 561 g/mol. The van der Waals surface area contributed by atoms with Crippen molar-refractivity contribution in [3.8, 4) is 0 Å². The number of carbonyl (C=O) groups excluding carboxylic acids is 3. The number of aromatic nitrogens is 1. The van der Waals surface area contributed by atoms with Crippen molar-refractivity contribution in [2.75, 3.05) is 4.90 Å². The Balaban J connectivity index is 1.28. The number of benzene rings is 3. The van der Waals surface area contributed by atoms with Crippen molar-refractivity contribution in [2.24, 2.45) is 0 Å². The van der Waals surface area contributed by atoms with Gasteiger partial charge >= 0.3 is 6.03 Å². The molecule has 3 heterocycles. The number of aryl methyl sites for hydroxylation is 1. The number of para-hydroxylation sites is 2. The molecule has 0 bridgehead atoms. The van der Waals surface area contributed by atoms with E-state index in [0.29, 0.717) is 17.7 Å². The molecule has 2 atom stereocenters. The molecule has 214 valence electrons. The fourth-order valence-electron chi connectivity index (χ4n) is 7.24. The van der Waals surface area contributed by atoms with Gasteiger partial charge in [0.15, 0.2) is 0 Å². The van der Waals surface area contributed by atoms with Crippen LogP contribution in [0.4, 0.5) is 10.5 Å². The van der Waals surface area contributed by atoms with Gasteiger partial charge in [-0.25, -0.2) is 9.69 Å². The Hall–Kier alpha value is -4.39. The van der Waals surface area contributed by atoms with Gasteiger partial charge in [-0.1, -0.05) is 86.7 Å². The fraction of sp³-hybridized carbons (Fsp3) is 0.343. The molecule has 1 aliphatic carbocycles. The topological polar surface area (TPSA) is 85.5 Å². The van der Waals surface area contributed by atoms with Crippen molar-refractivity contribution < 1.29 is 14.4 Å². The van der Waals surface area contributed by atoms with Gasteiger partial charge in [0.2, 0.25) is 0 Å². The minimum Gasteiger partial charge on any atom is -0.356 e. The van der Waals surface area contributed by atoms with Gasteiger partial charge in [-0.2, -0.15) is 0 Å². The molecule has 2 N–H and O–H groups in total. The van der Waals surface area contributed by atoms with E-state index >= 15 is 0 Å². The largest absolute Gasteiger partial charge is 0.356 e. The minimum absolute atomic E-state index is 0.103. The molecular formula is C35H36N4O3. The van der Waals surface area contributed by atoms with E-state index in [1.54, 1.807) is 29.2 Å². The summed E-state index contributed by atoms with van der Waals surface area (Å²) >= 11 is 0. The monoisotopic (exact) mass is 560 g/mol. The van der Waals surface area contributed by atoms with E-state index in [-0.39, 0.29) is 17.9 Å². The van der Waals surface area contributed by atoms with E-state index < -0.39 is 18.1 Å². The van der Waals surface area contributed by atoms with Crippen molar-refractivity contribution in [3.63, 3.8) is 0 Å². The summed E-state index contributed by atoms with van der Waals surface area (Å²) in [6.45, 7) is 2.04. The summed E-state index contributed by atoms with van der Waals surface area (Å²) in [5.41, 5.74) is 5.74. The fourth-order valence-corrected chi connectivity index (χ4v) is 7.24. The van der Waals surface area contributed by atoms with Crippen LogP contribution < -0.4 is 10.2 Å². The second-order valence-electron chi connectivity index (χ2n) is 11.9. The number of H-pyrrole nitrogens is 1. The van der Waals surface area contributed by atoms with Crippen molar-refractivity contribution in [3.05, 3.63) is 101 Å². The molecule has 42 heavy (non-hydrogen) atoms. The highest BCUT2D eigenvalue weighted by Gasteiger charge is 2.53. The molecule has 1 saturated heterocycles. The molecule has 3 aliphatic rings. The highest BCUT2D eigenvalue weighted by Crippen LogP contribution is 2.45. The maximum absolute atomic E-state index is 14.4. The van der Waals surface area contributed by atoms with Crippen LogP contribution in [0.3, 0.4) is 0 Å². The summed E-state index contributed by atoms with van der Waals surface area (Å²) in [5.74, 6) is -0.519. The highest BCUT2D eigenvalue weighted by atomic mass is 16.2. The van der Waals surface area contributed by atoms with Gasteiger partial charge in [0.05, 0.1) is 11.3 Å². The predicted molar refractivity (Wildman–Crippen MR) is 164 cm³/mol. The third kappa shape index (κ3) is 4.39. The molecular weight excluding hydrogens is 524 g/mol. The van der Waals surface area contributed by atoms with E-state index in [9.17, 15) is 14.4 Å². The highest BCUT2D eigenvalue weighted by molar-refractivity contribution is 6.24. The van der Waals surface area contributed by atoms with Crippen LogP contribution in [0.1, 0.15) is 83.7 Å². The molecule has 7 nitrogen and oxygen atoms in total. The van der Waals surface area contributed by atoms with Crippen molar-refractivity contribution >= 4 is 34.4 Å². The Kier molecular flexibility index (Phi) is 6.81. The molecule has 2 aliphatic heterocycles. The summed E-state index contributed by atoms with van der Waals surface area (Å²) in [5, 5.41) is 4.30. The summed E-state index contributed by atoms with van der Waals surface area (Å²) in [6, 6.07) is 21.7. The lowest BCUT2D eigenvalue weighted by Gasteiger charge is -2.36. The summed E-state index contributed by atoms with van der Waals surface area (Å²) in [6.07, 6.45) is 8.16. The van der Waals surface area contributed by atoms with E-state index in [4.69, 9.17) is 0 Å². The van der Waals surface area contributed by atoms with Gasteiger partial charge in [-0.15, -0.1) is 0 Å². The van der Waals surface area contributed by atoms with E-state index in [0.717, 1.165) is 59.0 Å². The van der Waals surface area contributed by atoms with Crippen molar-refractivity contribution in [1.82, 2.24) is 15.2 Å². The van der Waals surface area contributed by atoms with Gasteiger partial charge in [-0.3, -0.25) is 14.5 Å². The molecule has 1 aromatic heterocycles. The standard InChI is InChI=1S/C35H36N4O3/c1-22-13-7-8-16-24(22)32-31-27(25-17-9-11-19-28(25)37-31)21-30-34(41)39(35(42)38(30)32)29-20-12-10-18-26(29)33(40)36-23-14-5-3-2-4-6-15-23/h7-13,16-20,23,30,32,37H,2-6,14-15,21H2,1H3,(H,36,40). The number of hydrogen-bond acceptors (Lipinski definition) is 3. The van der Waals surface area contributed by atoms with Gasteiger partial charge in [0.1, 0.15) is 12.1 Å². The molecule has 2 fully saturated rings. The van der Waals surface area contributed by atoms with Gasteiger partial charge in [-0.05, 0) is 54.7 Å². The zero-order valence-electron chi connectivity index (χ0n) is 23.9. The lowest BCUT2D eigenvalue weighted by Crippen LogP contribution is -2.44. The molecule has 1 saturated carbocycles. The lowest BCUT2D eigenvalue weighted by atomic mass is 9.87. The van der Waals surface area contributed by atoms with Crippen LogP contribution in [0, 0.1) is 6.92 Å². The second-order valence-corrected chi connectivity index (χ2v) is 11.9. The molecule has 7 heteroatoms. The number of fused-ring (bicyclic) bond motifs is 4. The third-order valence-corrected chi connectivity index (χ3v) is 9.36. The lowest BCUT2D eigenvalue weighted by molar-refractivity contribution is -0.120. The molecule has 2 unspecified atom stereocenters. The first kappa shape index (κ1) is 26.5. The minimum atomic E-state index is -0.671. The van der Waals surface area contributed by atoms with E-state index in [1.165, 1.54) is 24.2 Å². The van der Waals surface area contributed by atoms with E-state index in [1.807, 2.05) is 49.4 Å². The number of nitrogens with one attached hydrogen (secondary N) is 2. The van der Waals surface area contributed by atoms with Gasteiger partial charge < -0.3 is 10.3 Å². The number of aromatic amines is 1. The molecule has 4 aromatic rings. The molecule has 0 radical (unpaired) electrons. The first-order valence-electron chi connectivity index (χ1n) is 15.2. The predicted octanol–water partition coefficient (Wildman–Crippen LogP) is 6.80. The molecule has 0 spiro atoms. The maximum Gasteiger partial charge on any atom is 0.332 e. The third-order valence-electron chi connectivity index (χ3n) is 9.36. The van der Waals surface area contributed by atoms with Crippen LogP contribution in [0.5, 0.6) is 0 Å². The number of rotatable bonds is 4. The number of carbonyl (C=O) groups is 3. The zero-order valence-corrected chi connectivity index (χ0v) is 23.9. The number of anilines is 1. The Morgan fingerprint density at radius 3 is 2.36 bits per heavy atom. The average Bonchev–Trinajstić information content (AvgIpc) is 3.48. The Bertz CT molecular complexity index is 1680. The normalized spacial score (nSPS) is 21.2. The smallest absolute Gasteiger partial charge is 0.332 e. The van der Waals surface area contributed by atoms with Crippen LogP contribution in [-0.2, 0) is 11.2 Å². The summed E-state index contributed by atoms with van der Waals surface area (Å²) in [7, 11) is 0. The molecule has 7 rings (SSSR count). The van der Waals surface area contributed by atoms with Crippen molar-refractivity contribution in [2.45, 2.75) is 76.4 Å². The number of imide groups is 1. The Morgan fingerprint density at radius 2 is 1.55 bits per heavy atom. The second kappa shape index (κ2) is 10.8. The maximum atomic E-state index is 14.4. The van der Waals surface area contributed by atoms with Gasteiger partial charge in [0, 0.05) is 29.1 Å². The summed E-state index contributed by atoms with van der Waals surface area (Å²) < 4.78 is 0. The number of urea groups is 1. The van der Waals surface area contributed by atoms with Crippen LogP contribution in [0.25, 0.3) is 10.9 Å². The van der Waals surface area contributed by atoms with E-state index in [2.05, 4.69) is 16.4 Å². The molecule has 3 aromatic carbocycles. The number of nitrogens with zero attached hydrogens (tertiary/aromatic N) is 2. The Labute approximate surface area is 245 Å². The van der Waals surface area contributed by atoms with Gasteiger partial charge in [0.25, 0.3) is 11.8 Å². The van der Waals surface area contributed by atoms with Crippen molar-refractivity contribution in [1.29, 1.82) is 0 Å². The quantitative estimate of drug-likeness (QED) is 0.269. The summed E-state index contributed by atoms with van der Waals surface area (Å²) in [4.78, 5) is 48.9. The SMILES string of the molecule is Cc1ccccc1C1c2[nH]c3ccccc3c2CC2C(=O)N(c3ccccc3C(=O)NC3CCCCCCC3)C(=O)N21. The van der Waals surface area contributed by atoms with Crippen LogP contribution in [0.2, 0.25) is 0 Å². The first-order valence-corrected chi connectivity index (χ1v) is 15.2. The van der Waals surface area contributed by atoms with Crippen LogP contribution >= 0.6 is 0 Å². The zero-order chi connectivity index (χ0) is 28.8. The Morgan fingerprint density at radius 1 is 0.857 bits per heavy atom. The van der Waals surface area contributed by atoms with Crippen LogP contribution in [-0.4, -0.2) is 39.8 Å². The van der Waals surface area contributed by atoms with Crippen LogP contribution in [0.15, 0.2) is 72.8 Å². The first-order chi connectivity index (χ1) is 20.5. The number of amides is 4. The number of hydrogen-bond donors (Lipinski definition) is 2.